The van der Waals surface area contributed by atoms with E-state index in [1.54, 1.807) is 18.2 Å². The zero-order chi connectivity index (χ0) is 32.5. The molecule has 0 fully saturated rings. The molecular formula is C31H22Cl2F3IN2O5S. The second-order valence-electron chi connectivity index (χ2n) is 9.53. The minimum Gasteiger partial charge on any atom is -0.493 e. The van der Waals surface area contributed by atoms with Crippen molar-refractivity contribution in [3.63, 3.8) is 0 Å². The van der Waals surface area contributed by atoms with Crippen molar-refractivity contribution in [3.8, 4) is 11.5 Å². The number of hydrogen-bond donors (Lipinski definition) is 0. The van der Waals surface area contributed by atoms with Crippen LogP contribution in [0.3, 0.4) is 0 Å². The van der Waals surface area contributed by atoms with Gasteiger partial charge in [0.05, 0.1) is 33.4 Å². The Labute approximate surface area is 282 Å². The highest BCUT2D eigenvalue weighted by Gasteiger charge is 2.45. The van der Waals surface area contributed by atoms with Gasteiger partial charge in [-0.3, -0.25) is 9.36 Å². The number of allylic oxidation sites excluding steroid dienone is 1. The van der Waals surface area contributed by atoms with Gasteiger partial charge in [0.1, 0.15) is 6.61 Å². The van der Waals surface area contributed by atoms with Crippen molar-refractivity contribution in [1.82, 2.24) is 4.57 Å². The molecule has 45 heavy (non-hydrogen) atoms. The number of benzene rings is 3. The normalized spacial score (nSPS) is 15.0. The summed E-state index contributed by atoms with van der Waals surface area (Å²) in [6.07, 6.45) is -3.49. The molecule has 0 bridgehead atoms. The van der Waals surface area contributed by atoms with Gasteiger partial charge in [0.25, 0.3) is 5.56 Å². The van der Waals surface area contributed by atoms with Gasteiger partial charge in [-0.15, -0.1) is 0 Å². The third-order valence-electron chi connectivity index (χ3n) is 6.66. The summed E-state index contributed by atoms with van der Waals surface area (Å²) >= 11 is 15.1. The lowest BCUT2D eigenvalue weighted by Crippen LogP contribution is -2.41. The Kier molecular flexibility index (Phi) is 9.97. The first-order chi connectivity index (χ1) is 21.4. The topological polar surface area (TPSA) is 79.1 Å². The summed E-state index contributed by atoms with van der Waals surface area (Å²) in [5, 5.41) is 0.877. The molecule has 1 aliphatic rings. The number of carbonyl (C=O) groups is 1. The van der Waals surface area contributed by atoms with E-state index in [0.29, 0.717) is 30.7 Å². The highest BCUT2D eigenvalue weighted by molar-refractivity contribution is 14.1. The molecule has 1 atom stereocenters. The van der Waals surface area contributed by atoms with Crippen molar-refractivity contribution < 1.29 is 32.2 Å². The molecule has 0 amide bonds. The SMILES string of the molecule is CCOC(=O)C1=C(C(F)(F)F)N=c2s/c(=C\c3cc(I)c(OCc4ccccc4Cl)c(OC)c3)c(=O)n2[C@@H]1c1ccc(Cl)cc1. The van der Waals surface area contributed by atoms with E-state index in [0.717, 1.165) is 21.5 Å². The van der Waals surface area contributed by atoms with Crippen molar-refractivity contribution in [2.45, 2.75) is 25.7 Å². The van der Waals surface area contributed by atoms with E-state index >= 15 is 0 Å². The van der Waals surface area contributed by atoms with E-state index in [1.165, 1.54) is 44.4 Å². The Morgan fingerprint density at radius 3 is 2.49 bits per heavy atom. The van der Waals surface area contributed by atoms with Crippen LogP contribution in [0.1, 0.15) is 29.7 Å². The standard InChI is InChI=1S/C31H22Cl2F3IN2O5S/c1-3-43-29(41)24-25(17-8-10-19(32)11-9-17)39-28(40)23(45-30(39)38-27(24)31(34,35)36)14-16-12-21(37)26(22(13-16)42-2)44-15-18-6-4-5-7-20(18)33/h4-14,25H,3,15H2,1-2H3/b23-14-/t25-/m1/s1. The van der Waals surface area contributed by atoms with Crippen LogP contribution in [0.2, 0.25) is 10.0 Å². The molecule has 3 aromatic carbocycles. The van der Waals surface area contributed by atoms with E-state index in [9.17, 15) is 22.8 Å². The van der Waals surface area contributed by atoms with Crippen LogP contribution >= 0.6 is 57.1 Å². The number of thiazole rings is 1. The van der Waals surface area contributed by atoms with Gasteiger partial charge in [-0.1, -0.05) is 64.9 Å². The van der Waals surface area contributed by atoms with Crippen LogP contribution in [0.5, 0.6) is 11.5 Å². The largest absolute Gasteiger partial charge is 0.493 e. The van der Waals surface area contributed by atoms with E-state index in [-0.39, 0.29) is 28.1 Å². The summed E-state index contributed by atoms with van der Waals surface area (Å²) in [6.45, 7) is 1.48. The van der Waals surface area contributed by atoms with Crippen LogP contribution < -0.4 is 24.4 Å². The molecule has 1 aliphatic heterocycles. The molecule has 0 unspecified atom stereocenters. The number of esters is 1. The lowest BCUT2D eigenvalue weighted by atomic mass is 9.95. The van der Waals surface area contributed by atoms with Gasteiger partial charge < -0.3 is 14.2 Å². The predicted molar refractivity (Wildman–Crippen MR) is 174 cm³/mol. The number of halogens is 6. The molecule has 7 nitrogen and oxygen atoms in total. The number of fused-ring (bicyclic) bond motifs is 1. The van der Waals surface area contributed by atoms with Crippen molar-refractivity contribution >= 4 is 69.2 Å². The molecule has 234 valence electrons. The van der Waals surface area contributed by atoms with Crippen LogP contribution in [0.25, 0.3) is 6.08 Å². The number of rotatable bonds is 8. The summed E-state index contributed by atoms with van der Waals surface area (Å²) in [7, 11) is 1.47. The number of hydrogen-bond acceptors (Lipinski definition) is 7. The third-order valence-corrected chi connectivity index (χ3v) is 9.07. The van der Waals surface area contributed by atoms with Crippen LogP contribution in [0.4, 0.5) is 13.2 Å². The summed E-state index contributed by atoms with van der Waals surface area (Å²) in [4.78, 5) is 30.4. The first-order valence-corrected chi connectivity index (χ1v) is 15.9. The van der Waals surface area contributed by atoms with Crippen molar-refractivity contribution in [2.75, 3.05) is 13.7 Å². The quantitative estimate of drug-likeness (QED) is 0.145. The summed E-state index contributed by atoms with van der Waals surface area (Å²) in [5.41, 5.74) is -1.34. The second-order valence-corrected chi connectivity index (χ2v) is 12.5. The zero-order valence-electron chi connectivity index (χ0n) is 23.5. The average molecular weight is 789 g/mol. The monoisotopic (exact) mass is 788 g/mol. The predicted octanol–water partition coefficient (Wildman–Crippen LogP) is 6.84. The zero-order valence-corrected chi connectivity index (χ0v) is 27.9. The third kappa shape index (κ3) is 6.93. The smallest absolute Gasteiger partial charge is 0.434 e. The van der Waals surface area contributed by atoms with Crippen LogP contribution in [-0.4, -0.2) is 30.4 Å². The first-order valence-electron chi connectivity index (χ1n) is 13.2. The molecular weight excluding hydrogens is 767 g/mol. The van der Waals surface area contributed by atoms with Gasteiger partial charge >= 0.3 is 12.1 Å². The summed E-state index contributed by atoms with van der Waals surface area (Å²) < 4.78 is 61.4. The Morgan fingerprint density at radius 1 is 1.13 bits per heavy atom. The molecule has 0 spiro atoms. The van der Waals surface area contributed by atoms with Gasteiger partial charge in [0.15, 0.2) is 22.0 Å². The van der Waals surface area contributed by atoms with Crippen molar-refractivity contribution in [3.05, 3.63) is 122 Å². The van der Waals surface area contributed by atoms with Crippen LogP contribution in [0, 0.1) is 3.57 Å². The maximum Gasteiger partial charge on any atom is 0.434 e. The molecule has 4 aromatic rings. The number of ether oxygens (including phenoxy) is 3. The molecule has 0 radical (unpaired) electrons. The molecule has 5 rings (SSSR count). The highest BCUT2D eigenvalue weighted by Crippen LogP contribution is 2.39. The summed E-state index contributed by atoms with van der Waals surface area (Å²) in [5.74, 6) is -0.404. The Hall–Kier alpha value is -3.33. The number of aromatic nitrogens is 1. The molecule has 0 N–H and O–H groups in total. The lowest BCUT2D eigenvalue weighted by Gasteiger charge is -2.26. The van der Waals surface area contributed by atoms with Crippen molar-refractivity contribution in [1.29, 1.82) is 0 Å². The highest BCUT2D eigenvalue weighted by atomic mass is 127. The molecule has 14 heteroatoms. The fourth-order valence-corrected chi connectivity index (χ4v) is 6.78. The van der Waals surface area contributed by atoms with Gasteiger partial charge in [-0.05, 0) is 77.0 Å². The Morgan fingerprint density at radius 2 is 1.84 bits per heavy atom. The van der Waals surface area contributed by atoms with Crippen LogP contribution in [0.15, 0.2) is 81.7 Å². The van der Waals surface area contributed by atoms with E-state index < -0.39 is 35.0 Å². The van der Waals surface area contributed by atoms with E-state index in [1.807, 2.05) is 18.2 Å². The maximum absolute atomic E-state index is 14.3. The van der Waals surface area contributed by atoms with E-state index in [4.69, 9.17) is 37.4 Å². The van der Waals surface area contributed by atoms with Gasteiger partial charge in [0.2, 0.25) is 0 Å². The average Bonchev–Trinajstić information content (AvgIpc) is 3.30. The number of carbonyl (C=O) groups excluding carboxylic acids is 1. The minimum atomic E-state index is -5.01. The molecule has 0 aliphatic carbocycles. The fourth-order valence-electron chi connectivity index (χ4n) is 4.68. The van der Waals surface area contributed by atoms with Gasteiger partial charge in [-0.2, -0.15) is 13.2 Å². The second kappa shape index (κ2) is 13.6. The van der Waals surface area contributed by atoms with Crippen LogP contribution in [-0.2, 0) is 16.1 Å². The molecule has 0 saturated carbocycles. The Bertz CT molecular complexity index is 1990. The Balaban J connectivity index is 1.64. The van der Waals surface area contributed by atoms with E-state index in [2.05, 4.69) is 27.6 Å². The minimum absolute atomic E-state index is 0.0851. The van der Waals surface area contributed by atoms with Gasteiger partial charge in [0, 0.05) is 15.6 Å². The summed E-state index contributed by atoms with van der Waals surface area (Å²) in [6, 6.07) is 15.0. The number of nitrogens with zero attached hydrogens (tertiary/aromatic N) is 2. The molecule has 0 saturated heterocycles. The molecule has 2 heterocycles. The first kappa shape index (κ1) is 33.0. The molecule has 1 aromatic heterocycles. The van der Waals surface area contributed by atoms with Gasteiger partial charge in [-0.25, -0.2) is 9.79 Å². The van der Waals surface area contributed by atoms with Crippen molar-refractivity contribution in [2.24, 2.45) is 4.99 Å². The fraction of sp³-hybridized carbons (Fsp3) is 0.194. The lowest BCUT2D eigenvalue weighted by molar-refractivity contribution is -0.140. The number of alkyl halides is 3. The number of methoxy groups -OCH3 is 1. The maximum atomic E-state index is 14.3.